The van der Waals surface area contributed by atoms with Gasteiger partial charge in [-0.3, -0.25) is 14.4 Å². The predicted molar refractivity (Wildman–Crippen MR) is 168 cm³/mol. The molecule has 0 saturated carbocycles. The molecule has 45 heavy (non-hydrogen) atoms. The molecule has 2 aromatic rings. The van der Waals surface area contributed by atoms with Crippen LogP contribution >= 0.6 is 15.9 Å². The van der Waals surface area contributed by atoms with Crippen molar-refractivity contribution in [1.82, 2.24) is 25.1 Å². The molecular formula is C29H36BrN9O6. The molecule has 16 heteroatoms. The van der Waals surface area contributed by atoms with E-state index >= 15 is 0 Å². The highest BCUT2D eigenvalue weighted by molar-refractivity contribution is 9.10. The van der Waals surface area contributed by atoms with Gasteiger partial charge in [0.05, 0.1) is 11.0 Å². The third kappa shape index (κ3) is 7.27. The van der Waals surface area contributed by atoms with E-state index in [0.29, 0.717) is 67.2 Å². The number of nitrogens with two attached hydrogens (primary N) is 1. The zero-order valence-electron chi connectivity index (χ0n) is 25.0. The Labute approximate surface area is 268 Å². The number of hydrogen-bond donors (Lipinski definition) is 5. The Morgan fingerprint density at radius 3 is 2.53 bits per heavy atom. The smallest absolute Gasteiger partial charge is 0.329 e. The summed E-state index contributed by atoms with van der Waals surface area (Å²) in [5.41, 5.74) is 5.14. The number of halogens is 1. The third-order valence-electron chi connectivity index (χ3n) is 8.02. The van der Waals surface area contributed by atoms with Crippen LogP contribution in [0.25, 0.3) is 0 Å². The highest BCUT2D eigenvalue weighted by Gasteiger charge is 2.48. The van der Waals surface area contributed by atoms with Crippen LogP contribution in [0, 0.1) is 5.41 Å². The van der Waals surface area contributed by atoms with Crippen LogP contribution in [0.4, 0.5) is 27.9 Å². The van der Waals surface area contributed by atoms with Gasteiger partial charge in [0.2, 0.25) is 17.8 Å². The second kappa shape index (κ2) is 13.3. The van der Waals surface area contributed by atoms with E-state index in [9.17, 15) is 24.0 Å². The van der Waals surface area contributed by atoms with E-state index in [0.717, 1.165) is 12.8 Å². The first-order chi connectivity index (χ1) is 21.4. The lowest BCUT2D eigenvalue weighted by Gasteiger charge is -2.26. The number of urea groups is 1. The Bertz CT molecular complexity index is 1510. The van der Waals surface area contributed by atoms with Crippen LogP contribution in [-0.2, 0) is 19.1 Å². The molecule has 0 aliphatic carbocycles. The molecule has 2 unspecified atom stereocenters. The molecule has 3 saturated heterocycles. The van der Waals surface area contributed by atoms with Gasteiger partial charge in [-0.1, -0.05) is 0 Å². The zero-order chi connectivity index (χ0) is 32.3. The number of amides is 5. The molecule has 3 aliphatic heterocycles. The highest BCUT2D eigenvalue weighted by Crippen LogP contribution is 2.32. The fourth-order valence-electron chi connectivity index (χ4n) is 5.27. The average molecular weight is 687 g/mol. The first-order valence-corrected chi connectivity index (χ1v) is 15.6. The van der Waals surface area contributed by atoms with Crippen LogP contribution in [-0.4, -0.2) is 94.4 Å². The average Bonchev–Trinajstić information content (AvgIpc) is 3.76. The summed E-state index contributed by atoms with van der Waals surface area (Å²) in [6, 6.07) is 4.03. The molecule has 1 aromatic carbocycles. The summed E-state index contributed by atoms with van der Waals surface area (Å²) in [5, 5.41) is 11.9. The maximum Gasteiger partial charge on any atom is 0.329 e. The largest absolute Gasteiger partial charge is 0.459 e. The number of benzene rings is 1. The van der Waals surface area contributed by atoms with Crippen LogP contribution in [0.5, 0.6) is 0 Å². The summed E-state index contributed by atoms with van der Waals surface area (Å²) in [7, 11) is 0. The van der Waals surface area contributed by atoms with Gasteiger partial charge < -0.3 is 41.5 Å². The Hall–Kier alpha value is -4.47. The Morgan fingerprint density at radius 2 is 1.84 bits per heavy atom. The Morgan fingerprint density at radius 1 is 1.11 bits per heavy atom. The number of esters is 1. The van der Waals surface area contributed by atoms with Crippen LogP contribution < -0.4 is 27.0 Å². The molecule has 2 atom stereocenters. The summed E-state index contributed by atoms with van der Waals surface area (Å²) in [6.07, 6.45) is 4.14. The van der Waals surface area contributed by atoms with E-state index in [1.807, 2.05) is 0 Å². The number of carbonyl (C=O) groups excluding carboxylic acids is 5. The van der Waals surface area contributed by atoms with Crippen molar-refractivity contribution < 1.29 is 28.7 Å². The standard InChI is InChI=1S/C29H36BrN9O6/c1-29(2,25(31)42)26(43)33-7-5-6-32-22-20(30)14-34-27(37-22)35-17-10-16(23(40)39-15-19-13-21(39)24(41)45-19)11-18(12-17)36-28(44)38-8-3-4-9-38/h10-12,14,19,21H,3-9,13,15H2,1-2H3,(H2,31,42)(H,33,43)(H,36,44)(H2,32,34,35,37). The fraction of sp³-hybridized carbons (Fsp3) is 0.483. The maximum atomic E-state index is 13.6. The normalized spacial score (nSPS) is 18.9. The van der Waals surface area contributed by atoms with Crippen molar-refractivity contribution >= 4 is 68.8 Å². The molecule has 6 N–H and O–H groups in total. The minimum atomic E-state index is -1.30. The van der Waals surface area contributed by atoms with Gasteiger partial charge in [-0.2, -0.15) is 4.98 Å². The molecule has 3 fully saturated rings. The molecule has 240 valence electrons. The van der Waals surface area contributed by atoms with Gasteiger partial charge in [-0.05, 0) is 67.2 Å². The molecule has 0 radical (unpaired) electrons. The second-order valence-corrected chi connectivity index (χ2v) is 12.6. The number of ether oxygens (including phenoxy) is 1. The van der Waals surface area contributed by atoms with Gasteiger partial charge in [0.15, 0.2) is 0 Å². The zero-order valence-corrected chi connectivity index (χ0v) is 26.6. The van der Waals surface area contributed by atoms with Crippen molar-refractivity contribution in [2.24, 2.45) is 11.1 Å². The number of likely N-dealkylation sites (tertiary alicyclic amines) is 2. The Kier molecular flexibility index (Phi) is 9.41. The fourth-order valence-corrected chi connectivity index (χ4v) is 5.60. The number of fused-ring (bicyclic) bond motifs is 2. The summed E-state index contributed by atoms with van der Waals surface area (Å²) in [4.78, 5) is 74.4. The molecule has 15 nitrogen and oxygen atoms in total. The minimum Gasteiger partial charge on any atom is -0.459 e. The molecule has 1 aromatic heterocycles. The molecule has 5 amide bonds. The van der Waals surface area contributed by atoms with Gasteiger partial charge >= 0.3 is 12.0 Å². The number of carbonyl (C=O) groups is 5. The van der Waals surface area contributed by atoms with Crippen molar-refractivity contribution in [1.29, 1.82) is 0 Å². The maximum absolute atomic E-state index is 13.6. The number of anilines is 4. The van der Waals surface area contributed by atoms with Gasteiger partial charge in [0.1, 0.15) is 23.4 Å². The third-order valence-corrected chi connectivity index (χ3v) is 8.60. The second-order valence-electron chi connectivity index (χ2n) is 11.7. The lowest BCUT2D eigenvalue weighted by molar-refractivity contribution is -0.149. The van der Waals surface area contributed by atoms with Crippen LogP contribution in [0.1, 0.15) is 49.9 Å². The van der Waals surface area contributed by atoms with Crippen molar-refractivity contribution in [2.75, 3.05) is 48.7 Å². The van der Waals surface area contributed by atoms with Crippen molar-refractivity contribution in [3.05, 3.63) is 34.4 Å². The van der Waals surface area contributed by atoms with E-state index in [1.54, 1.807) is 29.3 Å². The van der Waals surface area contributed by atoms with Gasteiger partial charge in [-0.15, -0.1) is 0 Å². The van der Waals surface area contributed by atoms with Gasteiger partial charge in [0, 0.05) is 55.7 Å². The van der Waals surface area contributed by atoms with E-state index < -0.39 is 29.2 Å². The van der Waals surface area contributed by atoms with E-state index in [1.165, 1.54) is 18.7 Å². The highest BCUT2D eigenvalue weighted by atomic mass is 79.9. The van der Waals surface area contributed by atoms with Gasteiger partial charge in [0.25, 0.3) is 5.91 Å². The predicted octanol–water partition coefficient (Wildman–Crippen LogP) is 2.18. The number of rotatable bonds is 11. The minimum absolute atomic E-state index is 0.224. The molecule has 2 bridgehead atoms. The van der Waals surface area contributed by atoms with Crippen molar-refractivity contribution in [3.8, 4) is 0 Å². The van der Waals surface area contributed by atoms with E-state index in [4.69, 9.17) is 10.5 Å². The topological polar surface area (TPSA) is 201 Å². The van der Waals surface area contributed by atoms with Crippen LogP contribution in [0.15, 0.2) is 28.9 Å². The first-order valence-electron chi connectivity index (χ1n) is 14.8. The number of hydrogen-bond acceptors (Lipinski definition) is 10. The Balaban J connectivity index is 1.28. The number of morpholine rings is 1. The van der Waals surface area contributed by atoms with Crippen molar-refractivity contribution in [3.63, 3.8) is 0 Å². The lowest BCUT2D eigenvalue weighted by Crippen LogP contribution is -2.46. The van der Waals surface area contributed by atoms with Crippen LogP contribution in [0.2, 0.25) is 0 Å². The monoisotopic (exact) mass is 685 g/mol. The molecule has 3 aliphatic rings. The summed E-state index contributed by atoms with van der Waals surface area (Å²) in [6.45, 7) is 5.35. The first kappa shape index (κ1) is 31.9. The molecule has 0 spiro atoms. The van der Waals surface area contributed by atoms with E-state index in [-0.39, 0.29) is 29.6 Å². The van der Waals surface area contributed by atoms with Gasteiger partial charge in [-0.25, -0.2) is 14.6 Å². The number of primary amides is 1. The molecule has 4 heterocycles. The molecule has 5 rings (SSSR count). The number of nitrogens with one attached hydrogen (secondary N) is 4. The van der Waals surface area contributed by atoms with Crippen LogP contribution in [0.3, 0.4) is 0 Å². The SMILES string of the molecule is CC(C)(C(N)=O)C(=O)NCCCNc1nc(Nc2cc(NC(=O)N3CCCC3)cc(C(=O)N3CC4CC3C(=O)O4)c2)ncc1Br. The summed E-state index contributed by atoms with van der Waals surface area (Å²) in [5.74, 6) is -1.19. The molecular weight excluding hydrogens is 650 g/mol. The van der Waals surface area contributed by atoms with E-state index in [2.05, 4.69) is 47.2 Å². The summed E-state index contributed by atoms with van der Waals surface area (Å²) >= 11 is 3.43. The summed E-state index contributed by atoms with van der Waals surface area (Å²) < 4.78 is 5.84. The number of nitrogens with zero attached hydrogens (tertiary/aromatic N) is 4. The number of aromatic nitrogens is 2. The van der Waals surface area contributed by atoms with Crippen molar-refractivity contribution in [2.45, 2.75) is 51.7 Å². The quantitative estimate of drug-likeness (QED) is 0.133. The lowest BCUT2D eigenvalue weighted by atomic mass is 9.91.